The van der Waals surface area contributed by atoms with Crippen LogP contribution in [0.3, 0.4) is 0 Å². The second kappa shape index (κ2) is 7.64. The number of methoxy groups -OCH3 is 1. The Hall–Kier alpha value is -1.89. The second-order valence-electron chi connectivity index (χ2n) is 4.10. The van der Waals surface area contributed by atoms with E-state index in [9.17, 15) is 9.59 Å². The monoisotopic (exact) mass is 298 g/mol. The molecule has 110 valence electrons. The molecule has 1 aromatic carbocycles. The van der Waals surface area contributed by atoms with Crippen LogP contribution in [-0.2, 0) is 4.79 Å². The lowest BCUT2D eigenvalue weighted by molar-refractivity contribution is -0.139. The van der Waals surface area contributed by atoms with Crippen LogP contribution >= 0.6 is 11.8 Å². The molecule has 1 rings (SSSR count). The fraction of sp³-hybridized carbons (Fsp3) is 0.385. The van der Waals surface area contributed by atoms with Gasteiger partial charge in [-0.25, -0.2) is 4.79 Å². The number of carbonyl (C=O) groups is 2. The number of hydrogen-bond donors (Lipinski definition) is 3. The van der Waals surface area contributed by atoms with E-state index in [0.29, 0.717) is 17.9 Å². The zero-order valence-electron chi connectivity index (χ0n) is 11.4. The SMILES string of the molecule is COc1ccc(N)c(C(=O)N[C@@H](CCSC)C(=O)O)c1. The minimum absolute atomic E-state index is 0.208. The lowest BCUT2D eigenvalue weighted by Crippen LogP contribution is -2.41. The Morgan fingerprint density at radius 1 is 1.50 bits per heavy atom. The molecule has 7 heteroatoms. The predicted molar refractivity (Wildman–Crippen MR) is 79.3 cm³/mol. The highest BCUT2D eigenvalue weighted by atomic mass is 32.2. The number of nitrogens with one attached hydrogen (secondary N) is 1. The molecule has 0 bridgehead atoms. The largest absolute Gasteiger partial charge is 0.497 e. The predicted octanol–water partition coefficient (Wildman–Crippen LogP) is 1.21. The van der Waals surface area contributed by atoms with Crippen molar-refractivity contribution >= 4 is 29.3 Å². The molecule has 6 nitrogen and oxygen atoms in total. The van der Waals surface area contributed by atoms with Gasteiger partial charge in [0.1, 0.15) is 11.8 Å². The molecule has 0 aliphatic carbocycles. The molecule has 4 N–H and O–H groups in total. The normalized spacial score (nSPS) is 11.7. The number of anilines is 1. The number of carboxylic acids is 1. The summed E-state index contributed by atoms with van der Waals surface area (Å²) < 4.78 is 5.02. The van der Waals surface area contributed by atoms with E-state index in [1.165, 1.54) is 24.9 Å². The van der Waals surface area contributed by atoms with E-state index < -0.39 is 17.9 Å². The fourth-order valence-electron chi connectivity index (χ4n) is 1.59. The minimum Gasteiger partial charge on any atom is -0.497 e. The molecule has 0 aliphatic heterocycles. The maximum atomic E-state index is 12.1. The smallest absolute Gasteiger partial charge is 0.326 e. The van der Waals surface area contributed by atoms with E-state index >= 15 is 0 Å². The lowest BCUT2D eigenvalue weighted by atomic mass is 10.1. The van der Waals surface area contributed by atoms with Crippen molar-refractivity contribution in [2.75, 3.05) is 24.9 Å². The summed E-state index contributed by atoms with van der Waals surface area (Å²) in [6.07, 6.45) is 2.23. The molecular weight excluding hydrogens is 280 g/mol. The summed E-state index contributed by atoms with van der Waals surface area (Å²) in [5, 5.41) is 11.6. The first-order valence-electron chi connectivity index (χ1n) is 5.95. The third-order valence-corrected chi connectivity index (χ3v) is 3.36. The number of amides is 1. The van der Waals surface area contributed by atoms with Gasteiger partial charge < -0.3 is 20.9 Å². The molecule has 0 saturated heterocycles. The Bertz CT molecular complexity index is 493. The van der Waals surface area contributed by atoms with Crippen LogP contribution in [0.5, 0.6) is 5.75 Å². The molecule has 1 atom stereocenters. The zero-order chi connectivity index (χ0) is 15.1. The van der Waals surface area contributed by atoms with Gasteiger partial charge in [0.05, 0.1) is 12.7 Å². The van der Waals surface area contributed by atoms with Gasteiger partial charge in [-0.2, -0.15) is 11.8 Å². The van der Waals surface area contributed by atoms with Crippen molar-refractivity contribution in [3.63, 3.8) is 0 Å². The molecule has 0 saturated carbocycles. The van der Waals surface area contributed by atoms with Crippen molar-refractivity contribution in [1.82, 2.24) is 5.32 Å². The van der Waals surface area contributed by atoms with Crippen LogP contribution in [0.4, 0.5) is 5.69 Å². The molecule has 20 heavy (non-hydrogen) atoms. The molecule has 0 spiro atoms. The highest BCUT2D eigenvalue weighted by molar-refractivity contribution is 7.98. The number of nitrogens with two attached hydrogens (primary N) is 1. The van der Waals surface area contributed by atoms with Crippen molar-refractivity contribution in [1.29, 1.82) is 0 Å². The van der Waals surface area contributed by atoms with E-state index in [-0.39, 0.29) is 11.3 Å². The topological polar surface area (TPSA) is 102 Å². The van der Waals surface area contributed by atoms with Crippen LogP contribution in [0.2, 0.25) is 0 Å². The van der Waals surface area contributed by atoms with Gasteiger partial charge in [-0.05, 0) is 36.6 Å². The zero-order valence-corrected chi connectivity index (χ0v) is 12.2. The van der Waals surface area contributed by atoms with E-state index in [1.54, 1.807) is 12.1 Å². The summed E-state index contributed by atoms with van der Waals surface area (Å²) in [5.74, 6) is -0.450. The van der Waals surface area contributed by atoms with Crippen LogP contribution in [0.1, 0.15) is 16.8 Å². The van der Waals surface area contributed by atoms with Crippen molar-refractivity contribution in [2.45, 2.75) is 12.5 Å². The number of ether oxygens (including phenoxy) is 1. The number of aliphatic carboxylic acids is 1. The van der Waals surface area contributed by atoms with E-state index in [0.717, 1.165) is 0 Å². The standard InChI is InChI=1S/C13H18N2O4S/c1-19-8-3-4-10(14)9(7-8)12(16)15-11(13(17)18)5-6-20-2/h3-4,7,11H,5-6,14H2,1-2H3,(H,15,16)(H,17,18)/t11-/m0/s1. The number of carbonyl (C=O) groups excluding carboxylic acids is 1. The van der Waals surface area contributed by atoms with Gasteiger partial charge in [0.25, 0.3) is 5.91 Å². The number of benzene rings is 1. The van der Waals surface area contributed by atoms with Crippen LogP contribution in [0.25, 0.3) is 0 Å². The number of thioether (sulfide) groups is 1. The molecule has 0 heterocycles. The molecule has 0 aromatic heterocycles. The van der Waals surface area contributed by atoms with E-state index in [4.69, 9.17) is 15.6 Å². The first-order chi connectivity index (χ1) is 9.49. The molecule has 0 aliphatic rings. The van der Waals surface area contributed by atoms with Crippen molar-refractivity contribution in [2.24, 2.45) is 0 Å². The summed E-state index contributed by atoms with van der Waals surface area (Å²) in [5.41, 5.74) is 6.21. The third kappa shape index (κ3) is 4.34. The van der Waals surface area contributed by atoms with E-state index in [1.807, 2.05) is 6.26 Å². The quantitative estimate of drug-likeness (QED) is 0.654. The Morgan fingerprint density at radius 2 is 2.20 bits per heavy atom. The average Bonchev–Trinajstić information content (AvgIpc) is 2.43. The minimum atomic E-state index is -1.06. The summed E-state index contributed by atoms with van der Waals surface area (Å²) >= 11 is 1.52. The van der Waals surface area contributed by atoms with Gasteiger partial charge in [0, 0.05) is 5.69 Å². The van der Waals surface area contributed by atoms with E-state index in [2.05, 4.69) is 5.32 Å². The number of nitrogen functional groups attached to an aromatic ring is 1. The molecule has 0 radical (unpaired) electrons. The van der Waals surface area contributed by atoms with Crippen LogP contribution < -0.4 is 15.8 Å². The summed E-state index contributed by atoms with van der Waals surface area (Å²) in [6.45, 7) is 0. The highest BCUT2D eigenvalue weighted by Crippen LogP contribution is 2.19. The Morgan fingerprint density at radius 3 is 2.75 bits per heavy atom. The Labute approximate surface area is 121 Å². The third-order valence-electron chi connectivity index (χ3n) is 2.72. The summed E-state index contributed by atoms with van der Waals surface area (Å²) in [6, 6.07) is 3.73. The van der Waals surface area contributed by atoms with Crippen molar-refractivity contribution in [3.8, 4) is 5.75 Å². The van der Waals surface area contributed by atoms with Crippen molar-refractivity contribution in [3.05, 3.63) is 23.8 Å². The Balaban J connectivity index is 2.85. The lowest BCUT2D eigenvalue weighted by Gasteiger charge is -2.15. The van der Waals surface area contributed by atoms with Gasteiger partial charge in [-0.1, -0.05) is 0 Å². The summed E-state index contributed by atoms with van der Waals surface area (Å²) in [4.78, 5) is 23.2. The first kappa shape index (κ1) is 16.2. The molecule has 1 amide bonds. The van der Waals surface area contributed by atoms with Crippen LogP contribution in [0.15, 0.2) is 18.2 Å². The van der Waals surface area contributed by atoms with Gasteiger partial charge in [0.2, 0.25) is 0 Å². The number of carboxylic acid groups (broad SMARTS) is 1. The average molecular weight is 298 g/mol. The first-order valence-corrected chi connectivity index (χ1v) is 7.35. The van der Waals surface area contributed by atoms with Gasteiger partial charge in [-0.3, -0.25) is 4.79 Å². The van der Waals surface area contributed by atoms with Gasteiger partial charge in [-0.15, -0.1) is 0 Å². The molecule has 0 fully saturated rings. The number of hydrogen-bond acceptors (Lipinski definition) is 5. The molecule has 1 aromatic rings. The van der Waals surface area contributed by atoms with Crippen molar-refractivity contribution < 1.29 is 19.4 Å². The van der Waals surface area contributed by atoms with Gasteiger partial charge in [0.15, 0.2) is 0 Å². The Kier molecular flexibility index (Phi) is 6.17. The molecule has 0 unspecified atom stereocenters. The molecular formula is C13H18N2O4S. The highest BCUT2D eigenvalue weighted by Gasteiger charge is 2.21. The van der Waals surface area contributed by atoms with Crippen LogP contribution in [0, 0.1) is 0 Å². The summed E-state index contributed by atoms with van der Waals surface area (Å²) in [7, 11) is 1.48. The van der Waals surface area contributed by atoms with Crippen LogP contribution in [-0.4, -0.2) is 42.1 Å². The van der Waals surface area contributed by atoms with Gasteiger partial charge >= 0.3 is 5.97 Å². The number of rotatable bonds is 7. The maximum Gasteiger partial charge on any atom is 0.326 e. The fourth-order valence-corrected chi connectivity index (χ4v) is 2.06. The maximum absolute atomic E-state index is 12.1. The second-order valence-corrected chi connectivity index (χ2v) is 5.08.